The first-order valence-electron chi connectivity index (χ1n) is 9.52. The molecule has 0 amide bonds. The molecule has 7 heteroatoms. The van der Waals surface area contributed by atoms with Gasteiger partial charge in [0.1, 0.15) is 5.82 Å². The van der Waals surface area contributed by atoms with Gasteiger partial charge in [0.2, 0.25) is 0 Å². The Balaban J connectivity index is 1.65. The minimum absolute atomic E-state index is 0.236. The molecule has 1 saturated carbocycles. The second-order valence-electron chi connectivity index (χ2n) is 7.10. The number of aryl methyl sites for hydroxylation is 1. The summed E-state index contributed by atoms with van der Waals surface area (Å²) in [5, 5.41) is 0. The molecule has 0 bridgehead atoms. The van der Waals surface area contributed by atoms with Crippen molar-refractivity contribution in [1.29, 1.82) is 0 Å². The van der Waals surface area contributed by atoms with Gasteiger partial charge in [-0.1, -0.05) is 6.07 Å². The standard InChI is InChI=1S/C21H24N4O3/c1-24-10-9-22-20(24)14-25-13-16(12-23-21(25)26)15-7-8-18(27-2)19(11-15)28-17-5-3-4-6-17/h7-13,17H,3-6,14H2,1-2H3. The van der Waals surface area contributed by atoms with E-state index in [2.05, 4.69) is 9.97 Å². The third-order valence-electron chi connectivity index (χ3n) is 5.18. The van der Waals surface area contributed by atoms with Crippen LogP contribution in [0.4, 0.5) is 0 Å². The summed E-state index contributed by atoms with van der Waals surface area (Å²) in [5.74, 6) is 2.24. The molecule has 7 nitrogen and oxygen atoms in total. The predicted octanol–water partition coefficient (Wildman–Crippen LogP) is 3.02. The lowest BCUT2D eigenvalue weighted by Crippen LogP contribution is -2.24. The second-order valence-corrected chi connectivity index (χ2v) is 7.10. The first kappa shape index (κ1) is 18.3. The third kappa shape index (κ3) is 3.78. The Morgan fingerprint density at radius 3 is 2.68 bits per heavy atom. The van der Waals surface area contributed by atoms with Crippen LogP contribution in [0.15, 0.2) is 47.8 Å². The highest BCUT2D eigenvalue weighted by Gasteiger charge is 2.19. The molecule has 0 N–H and O–H groups in total. The Morgan fingerprint density at radius 1 is 1.14 bits per heavy atom. The molecule has 3 aromatic rings. The molecule has 2 heterocycles. The summed E-state index contributed by atoms with van der Waals surface area (Å²) in [6.45, 7) is 0.366. The van der Waals surface area contributed by atoms with Crippen LogP contribution >= 0.6 is 0 Å². The molecule has 2 aromatic heterocycles. The molecule has 0 aliphatic heterocycles. The fourth-order valence-electron chi connectivity index (χ4n) is 3.55. The van der Waals surface area contributed by atoms with Crippen molar-refractivity contribution in [2.75, 3.05) is 7.11 Å². The minimum Gasteiger partial charge on any atom is -0.493 e. The molecule has 4 rings (SSSR count). The van der Waals surface area contributed by atoms with Gasteiger partial charge in [-0.3, -0.25) is 4.57 Å². The SMILES string of the molecule is COc1ccc(-c2cnc(=O)n(Cc3nccn3C)c2)cc1OC1CCCC1. The van der Waals surface area contributed by atoms with Gasteiger partial charge in [0.15, 0.2) is 11.5 Å². The largest absolute Gasteiger partial charge is 0.493 e. The Hall–Kier alpha value is -3.09. The molecule has 1 aliphatic rings. The highest BCUT2D eigenvalue weighted by atomic mass is 16.5. The zero-order valence-corrected chi connectivity index (χ0v) is 16.2. The van der Waals surface area contributed by atoms with E-state index in [9.17, 15) is 4.79 Å². The van der Waals surface area contributed by atoms with Crippen molar-refractivity contribution < 1.29 is 9.47 Å². The summed E-state index contributed by atoms with van der Waals surface area (Å²) in [6.07, 6.45) is 11.8. The highest BCUT2D eigenvalue weighted by molar-refractivity contribution is 5.65. The first-order chi connectivity index (χ1) is 13.6. The minimum atomic E-state index is -0.303. The molecule has 0 atom stereocenters. The number of hydrogen-bond donors (Lipinski definition) is 0. The van der Waals surface area contributed by atoms with Crippen molar-refractivity contribution in [1.82, 2.24) is 19.1 Å². The molecule has 1 aromatic carbocycles. The molecule has 1 aliphatic carbocycles. The van der Waals surface area contributed by atoms with Crippen molar-refractivity contribution in [2.24, 2.45) is 7.05 Å². The van der Waals surface area contributed by atoms with E-state index in [0.717, 1.165) is 35.5 Å². The van der Waals surface area contributed by atoms with Crippen LogP contribution in [0.5, 0.6) is 11.5 Å². The second kappa shape index (κ2) is 7.88. The number of ether oxygens (including phenoxy) is 2. The van der Waals surface area contributed by atoms with Crippen LogP contribution in [-0.2, 0) is 13.6 Å². The smallest absolute Gasteiger partial charge is 0.347 e. The van der Waals surface area contributed by atoms with E-state index in [0.29, 0.717) is 12.3 Å². The van der Waals surface area contributed by atoms with E-state index >= 15 is 0 Å². The zero-order chi connectivity index (χ0) is 19.5. The summed E-state index contributed by atoms with van der Waals surface area (Å²) < 4.78 is 15.1. The van der Waals surface area contributed by atoms with E-state index in [1.807, 2.05) is 42.2 Å². The van der Waals surface area contributed by atoms with Crippen molar-refractivity contribution in [3.63, 3.8) is 0 Å². The maximum absolute atomic E-state index is 12.2. The maximum atomic E-state index is 12.2. The number of benzene rings is 1. The lowest BCUT2D eigenvalue weighted by atomic mass is 10.1. The van der Waals surface area contributed by atoms with E-state index in [1.165, 1.54) is 12.8 Å². The van der Waals surface area contributed by atoms with Gasteiger partial charge in [-0.05, 0) is 43.4 Å². The molecule has 28 heavy (non-hydrogen) atoms. The molecule has 0 saturated heterocycles. The van der Waals surface area contributed by atoms with Gasteiger partial charge in [-0.2, -0.15) is 0 Å². The quantitative estimate of drug-likeness (QED) is 0.657. The summed E-state index contributed by atoms with van der Waals surface area (Å²) in [7, 11) is 3.55. The van der Waals surface area contributed by atoms with Crippen LogP contribution in [0, 0.1) is 0 Å². The predicted molar refractivity (Wildman–Crippen MR) is 106 cm³/mol. The number of methoxy groups -OCH3 is 1. The molecule has 1 fully saturated rings. The molecule has 0 spiro atoms. The number of aromatic nitrogens is 4. The first-order valence-corrected chi connectivity index (χ1v) is 9.52. The summed E-state index contributed by atoms with van der Waals surface area (Å²) >= 11 is 0. The molecular formula is C21H24N4O3. The fraction of sp³-hybridized carbons (Fsp3) is 0.381. The lowest BCUT2D eigenvalue weighted by Gasteiger charge is -2.17. The van der Waals surface area contributed by atoms with Crippen LogP contribution in [0.25, 0.3) is 11.1 Å². The van der Waals surface area contributed by atoms with Crippen molar-refractivity contribution >= 4 is 0 Å². The Morgan fingerprint density at radius 2 is 1.96 bits per heavy atom. The summed E-state index contributed by atoms with van der Waals surface area (Å²) in [5.41, 5.74) is 1.46. The monoisotopic (exact) mass is 380 g/mol. The van der Waals surface area contributed by atoms with Crippen LogP contribution in [0.2, 0.25) is 0 Å². The Labute approximate surface area is 163 Å². The number of rotatable bonds is 6. The van der Waals surface area contributed by atoms with E-state index in [4.69, 9.17) is 9.47 Å². The Bertz CT molecular complexity index is 1020. The van der Waals surface area contributed by atoms with Gasteiger partial charge < -0.3 is 14.0 Å². The van der Waals surface area contributed by atoms with Crippen LogP contribution in [0.3, 0.4) is 0 Å². The fourth-order valence-corrected chi connectivity index (χ4v) is 3.55. The van der Waals surface area contributed by atoms with Crippen molar-refractivity contribution in [3.05, 3.63) is 59.3 Å². The van der Waals surface area contributed by atoms with Gasteiger partial charge in [-0.15, -0.1) is 0 Å². The maximum Gasteiger partial charge on any atom is 0.347 e. The van der Waals surface area contributed by atoms with E-state index in [-0.39, 0.29) is 11.8 Å². The molecule has 0 radical (unpaired) electrons. The summed E-state index contributed by atoms with van der Waals surface area (Å²) in [6, 6.07) is 5.81. The number of hydrogen-bond acceptors (Lipinski definition) is 5. The molecule has 146 valence electrons. The van der Waals surface area contributed by atoms with Crippen molar-refractivity contribution in [2.45, 2.75) is 38.3 Å². The van der Waals surface area contributed by atoms with Gasteiger partial charge in [0.25, 0.3) is 0 Å². The topological polar surface area (TPSA) is 71.2 Å². The molecule has 0 unspecified atom stereocenters. The Kier molecular flexibility index (Phi) is 5.14. The summed E-state index contributed by atoms with van der Waals surface area (Å²) in [4.78, 5) is 20.5. The third-order valence-corrected chi connectivity index (χ3v) is 5.18. The number of imidazole rings is 1. The van der Waals surface area contributed by atoms with Crippen LogP contribution < -0.4 is 15.2 Å². The van der Waals surface area contributed by atoms with E-state index in [1.54, 1.807) is 24.1 Å². The average molecular weight is 380 g/mol. The average Bonchev–Trinajstić information content (AvgIpc) is 3.35. The number of nitrogens with zero attached hydrogens (tertiary/aromatic N) is 4. The van der Waals surface area contributed by atoms with Crippen molar-refractivity contribution in [3.8, 4) is 22.6 Å². The molecular weight excluding hydrogens is 356 g/mol. The van der Waals surface area contributed by atoms with Gasteiger partial charge in [0, 0.05) is 37.4 Å². The lowest BCUT2D eigenvalue weighted by molar-refractivity contribution is 0.201. The van der Waals surface area contributed by atoms with Crippen LogP contribution in [-0.4, -0.2) is 32.3 Å². The van der Waals surface area contributed by atoms with Gasteiger partial charge in [-0.25, -0.2) is 14.8 Å². The van der Waals surface area contributed by atoms with Gasteiger partial charge in [0.05, 0.1) is 19.8 Å². The zero-order valence-electron chi connectivity index (χ0n) is 16.2. The normalized spacial score (nSPS) is 14.4. The van der Waals surface area contributed by atoms with Crippen LogP contribution in [0.1, 0.15) is 31.5 Å². The van der Waals surface area contributed by atoms with E-state index < -0.39 is 0 Å². The van der Waals surface area contributed by atoms with Gasteiger partial charge >= 0.3 is 5.69 Å². The highest BCUT2D eigenvalue weighted by Crippen LogP contribution is 2.35.